The Bertz CT molecular complexity index is 99.8. The Hall–Kier alpha value is -0.180. The van der Waals surface area contributed by atoms with Gasteiger partial charge in [0.15, 0.2) is 0 Å². The van der Waals surface area contributed by atoms with Crippen LogP contribution >= 0.6 is 12.0 Å². The highest BCUT2D eigenvalue weighted by atomic mass is 32.2. The van der Waals surface area contributed by atoms with E-state index in [1.165, 1.54) is 44.1 Å². The molecule has 0 amide bonds. The number of carbonyl (C=O) groups is 1. The Balaban J connectivity index is 2.07. The Morgan fingerprint density at radius 1 is 1.30 bits per heavy atom. The number of hydrogen-bond acceptors (Lipinski definition) is 3. The van der Waals surface area contributed by atoms with Crippen LogP contribution in [0.1, 0.15) is 32.1 Å². The zero-order chi connectivity index (χ0) is 7.23. The normalized spacial score (nSPS) is 20.4. The van der Waals surface area contributed by atoms with Crippen LogP contribution in [0, 0.1) is 0 Å². The van der Waals surface area contributed by atoms with Gasteiger partial charge in [0.25, 0.3) is 0 Å². The zero-order valence-electron chi connectivity index (χ0n) is 5.91. The van der Waals surface area contributed by atoms with E-state index < -0.39 is 0 Å². The highest BCUT2D eigenvalue weighted by Gasteiger charge is 2.14. The molecular formula is C7H12O2S. The highest BCUT2D eigenvalue weighted by Crippen LogP contribution is 2.27. The maximum Gasteiger partial charge on any atom is 0.305 e. The minimum Gasteiger partial charge on any atom is -0.393 e. The first-order valence-corrected chi connectivity index (χ1v) is 4.50. The van der Waals surface area contributed by atoms with Crippen LogP contribution in [0.15, 0.2) is 0 Å². The summed E-state index contributed by atoms with van der Waals surface area (Å²) in [4.78, 5) is 9.80. The summed E-state index contributed by atoms with van der Waals surface area (Å²) in [7, 11) is 0. The van der Waals surface area contributed by atoms with E-state index in [0.29, 0.717) is 11.7 Å². The lowest BCUT2D eigenvalue weighted by Crippen LogP contribution is -2.07. The van der Waals surface area contributed by atoms with Crippen molar-refractivity contribution in [3.05, 3.63) is 0 Å². The van der Waals surface area contributed by atoms with E-state index >= 15 is 0 Å². The van der Waals surface area contributed by atoms with Crippen LogP contribution in [0.3, 0.4) is 0 Å². The molecule has 0 atom stereocenters. The topological polar surface area (TPSA) is 26.3 Å². The second kappa shape index (κ2) is 4.61. The van der Waals surface area contributed by atoms with E-state index in [2.05, 4.69) is 4.18 Å². The standard InChI is InChI=1S/C7H12O2S/c8-6-9-10-7-4-2-1-3-5-7/h6-7H,1-5H2. The van der Waals surface area contributed by atoms with Crippen LogP contribution in [-0.4, -0.2) is 11.7 Å². The number of carbonyl (C=O) groups excluding carboxylic acids is 1. The van der Waals surface area contributed by atoms with Gasteiger partial charge in [-0.15, -0.1) is 0 Å². The average molecular weight is 160 g/mol. The van der Waals surface area contributed by atoms with Crippen molar-refractivity contribution in [3.8, 4) is 0 Å². The molecule has 0 aliphatic heterocycles. The summed E-state index contributed by atoms with van der Waals surface area (Å²) in [5.41, 5.74) is 0. The van der Waals surface area contributed by atoms with Crippen molar-refractivity contribution >= 4 is 18.5 Å². The van der Waals surface area contributed by atoms with Crippen molar-refractivity contribution in [1.29, 1.82) is 0 Å². The van der Waals surface area contributed by atoms with E-state index in [1.54, 1.807) is 0 Å². The predicted octanol–water partition coefficient (Wildman–Crippen LogP) is 2.14. The molecule has 0 radical (unpaired) electrons. The van der Waals surface area contributed by atoms with Gasteiger partial charge >= 0.3 is 6.47 Å². The summed E-state index contributed by atoms with van der Waals surface area (Å²) in [6.07, 6.45) is 6.34. The van der Waals surface area contributed by atoms with Gasteiger partial charge in [-0.1, -0.05) is 19.3 Å². The summed E-state index contributed by atoms with van der Waals surface area (Å²) < 4.78 is 4.61. The third-order valence-electron chi connectivity index (χ3n) is 1.78. The van der Waals surface area contributed by atoms with Gasteiger partial charge in [0, 0.05) is 5.25 Å². The molecule has 0 aromatic heterocycles. The first kappa shape index (κ1) is 7.92. The molecule has 0 saturated heterocycles. The predicted molar refractivity (Wildman–Crippen MR) is 41.6 cm³/mol. The fourth-order valence-electron chi connectivity index (χ4n) is 1.26. The largest absolute Gasteiger partial charge is 0.393 e. The van der Waals surface area contributed by atoms with E-state index in [0.717, 1.165) is 0 Å². The van der Waals surface area contributed by atoms with Crippen LogP contribution in [0.2, 0.25) is 0 Å². The maximum absolute atomic E-state index is 9.80. The SMILES string of the molecule is O=COSC1CCCCC1. The number of rotatable bonds is 3. The molecule has 0 spiro atoms. The third-order valence-corrected chi connectivity index (χ3v) is 2.72. The van der Waals surface area contributed by atoms with Crippen LogP contribution in [-0.2, 0) is 8.98 Å². The molecule has 0 heterocycles. The lowest BCUT2D eigenvalue weighted by Gasteiger charge is -2.18. The van der Waals surface area contributed by atoms with Gasteiger partial charge in [0.05, 0.1) is 12.0 Å². The van der Waals surface area contributed by atoms with Gasteiger partial charge in [-0.3, -0.25) is 4.79 Å². The van der Waals surface area contributed by atoms with Crippen molar-refractivity contribution in [1.82, 2.24) is 0 Å². The minimum atomic E-state index is 0.513. The molecule has 2 nitrogen and oxygen atoms in total. The molecule has 3 heteroatoms. The molecule has 1 aliphatic rings. The van der Waals surface area contributed by atoms with E-state index in [9.17, 15) is 4.79 Å². The van der Waals surface area contributed by atoms with Crippen LogP contribution in [0.5, 0.6) is 0 Å². The lowest BCUT2D eigenvalue weighted by molar-refractivity contribution is -0.119. The van der Waals surface area contributed by atoms with Gasteiger partial charge in [-0.05, 0) is 12.8 Å². The second-order valence-electron chi connectivity index (χ2n) is 2.55. The van der Waals surface area contributed by atoms with Crippen LogP contribution in [0.4, 0.5) is 0 Å². The van der Waals surface area contributed by atoms with Gasteiger partial charge in [-0.2, -0.15) is 0 Å². The molecule has 0 unspecified atom stereocenters. The smallest absolute Gasteiger partial charge is 0.305 e. The van der Waals surface area contributed by atoms with Gasteiger partial charge in [0.2, 0.25) is 0 Å². The first-order chi connectivity index (χ1) is 4.93. The van der Waals surface area contributed by atoms with E-state index in [-0.39, 0.29) is 0 Å². The fourth-order valence-corrected chi connectivity index (χ4v) is 1.99. The van der Waals surface area contributed by atoms with E-state index in [4.69, 9.17) is 0 Å². The fraction of sp³-hybridized carbons (Fsp3) is 0.857. The van der Waals surface area contributed by atoms with Crippen molar-refractivity contribution < 1.29 is 8.98 Å². The lowest BCUT2D eigenvalue weighted by atomic mass is 10.0. The number of hydrogen-bond donors (Lipinski definition) is 0. The quantitative estimate of drug-likeness (QED) is 0.467. The summed E-state index contributed by atoms with van der Waals surface area (Å²) in [6, 6.07) is 0. The van der Waals surface area contributed by atoms with Crippen molar-refractivity contribution in [2.75, 3.05) is 0 Å². The third kappa shape index (κ3) is 2.60. The molecule has 10 heavy (non-hydrogen) atoms. The molecule has 1 fully saturated rings. The molecule has 1 rings (SSSR count). The Labute approximate surface area is 65.5 Å². The summed E-state index contributed by atoms with van der Waals surface area (Å²) in [6.45, 7) is 0.513. The maximum atomic E-state index is 9.80. The zero-order valence-corrected chi connectivity index (χ0v) is 6.73. The molecular weight excluding hydrogens is 148 g/mol. The van der Waals surface area contributed by atoms with Gasteiger partial charge in [-0.25, -0.2) is 0 Å². The molecule has 1 saturated carbocycles. The summed E-state index contributed by atoms with van der Waals surface area (Å²) in [5.74, 6) is 0. The molecule has 0 aromatic rings. The van der Waals surface area contributed by atoms with Crippen molar-refractivity contribution in [2.45, 2.75) is 37.4 Å². The molecule has 0 aromatic carbocycles. The molecule has 58 valence electrons. The van der Waals surface area contributed by atoms with Crippen molar-refractivity contribution in [3.63, 3.8) is 0 Å². The average Bonchev–Trinajstić information content (AvgIpc) is 2.03. The Kier molecular flexibility index (Phi) is 3.65. The molecule has 1 aliphatic carbocycles. The molecule has 0 N–H and O–H groups in total. The van der Waals surface area contributed by atoms with Crippen LogP contribution in [0.25, 0.3) is 0 Å². The van der Waals surface area contributed by atoms with Crippen molar-refractivity contribution in [2.24, 2.45) is 0 Å². The van der Waals surface area contributed by atoms with Gasteiger partial charge in [0.1, 0.15) is 0 Å². The first-order valence-electron chi connectivity index (χ1n) is 3.69. The monoisotopic (exact) mass is 160 g/mol. The van der Waals surface area contributed by atoms with Gasteiger partial charge < -0.3 is 4.18 Å². The minimum absolute atomic E-state index is 0.513. The molecule has 0 bridgehead atoms. The summed E-state index contributed by atoms with van der Waals surface area (Å²) in [5, 5.41) is 0.568. The summed E-state index contributed by atoms with van der Waals surface area (Å²) >= 11 is 1.33. The van der Waals surface area contributed by atoms with E-state index in [1.807, 2.05) is 0 Å². The Morgan fingerprint density at radius 2 is 2.00 bits per heavy atom. The Morgan fingerprint density at radius 3 is 2.60 bits per heavy atom. The van der Waals surface area contributed by atoms with Crippen LogP contribution < -0.4 is 0 Å². The highest BCUT2D eigenvalue weighted by molar-refractivity contribution is 7.95. The second-order valence-corrected chi connectivity index (χ2v) is 3.60.